The highest BCUT2D eigenvalue weighted by Crippen LogP contribution is 2.54. The van der Waals surface area contributed by atoms with Crippen LogP contribution in [0.5, 0.6) is 11.5 Å². The van der Waals surface area contributed by atoms with Gasteiger partial charge in [0.2, 0.25) is 0 Å². The number of unbranched alkanes of at least 4 members (excludes halogenated alkanes) is 6. The van der Waals surface area contributed by atoms with E-state index in [1.807, 2.05) is 12.1 Å². The maximum atomic E-state index is 14.1. The van der Waals surface area contributed by atoms with E-state index in [2.05, 4.69) is 0 Å². The van der Waals surface area contributed by atoms with Crippen molar-refractivity contribution < 1.29 is 32.7 Å². The molecule has 198 valence electrons. The van der Waals surface area contributed by atoms with Crippen molar-refractivity contribution in [3.63, 3.8) is 0 Å². The van der Waals surface area contributed by atoms with E-state index in [1.54, 1.807) is 55.5 Å². The quantitative estimate of drug-likeness (QED) is 0.0807. The maximum absolute atomic E-state index is 14.1. The third-order valence-electron chi connectivity index (χ3n) is 5.52. The van der Waals surface area contributed by atoms with Gasteiger partial charge in [-0.2, -0.15) is 0 Å². The summed E-state index contributed by atoms with van der Waals surface area (Å²) in [5, 5.41) is 0. The van der Waals surface area contributed by atoms with Gasteiger partial charge in [-0.15, -0.1) is 0 Å². The van der Waals surface area contributed by atoms with Gasteiger partial charge in [0, 0.05) is 19.6 Å². The number of carbonyl (C=O) groups is 2. The molecule has 0 aliphatic rings. The fraction of sp³-hybridized carbons (Fsp3) is 0.500. The topological polar surface area (TPSA) is 88.1 Å². The SMILES string of the molecule is CCOC(=O)C(CCCCCCOCCCCCC=O)P(=O)(Oc1ccccc1)Oc1ccccc1. The third kappa shape index (κ3) is 11.4. The van der Waals surface area contributed by atoms with Gasteiger partial charge >= 0.3 is 13.6 Å². The number of carbonyl (C=O) groups excluding carboxylic acids is 2. The van der Waals surface area contributed by atoms with E-state index in [9.17, 15) is 14.2 Å². The number of hydrogen-bond donors (Lipinski definition) is 0. The predicted molar refractivity (Wildman–Crippen MR) is 141 cm³/mol. The number of aldehydes is 1. The van der Waals surface area contributed by atoms with Crippen LogP contribution < -0.4 is 9.05 Å². The second-order valence-corrected chi connectivity index (χ2v) is 10.5. The minimum Gasteiger partial charge on any atom is -0.465 e. The molecule has 8 heteroatoms. The molecule has 36 heavy (non-hydrogen) atoms. The first-order valence-electron chi connectivity index (χ1n) is 12.9. The molecular weight excluding hydrogens is 479 g/mol. The number of benzene rings is 2. The molecule has 0 bridgehead atoms. The second-order valence-electron chi connectivity index (χ2n) is 8.45. The summed E-state index contributed by atoms with van der Waals surface area (Å²) in [5.74, 6) is 0.161. The van der Waals surface area contributed by atoms with Crippen LogP contribution in [0.2, 0.25) is 0 Å². The van der Waals surface area contributed by atoms with Crippen molar-refractivity contribution in [3.05, 3.63) is 60.7 Å². The number of hydrogen-bond acceptors (Lipinski definition) is 7. The van der Waals surface area contributed by atoms with Gasteiger partial charge in [-0.05, 0) is 56.9 Å². The highest BCUT2D eigenvalue weighted by molar-refractivity contribution is 7.56. The lowest BCUT2D eigenvalue weighted by atomic mass is 10.1. The van der Waals surface area contributed by atoms with E-state index in [-0.39, 0.29) is 6.61 Å². The summed E-state index contributed by atoms with van der Waals surface area (Å²) in [4.78, 5) is 23.2. The van der Waals surface area contributed by atoms with Crippen LogP contribution in [0.1, 0.15) is 64.7 Å². The standard InChI is InChI=1S/C28H39O7P/c1-2-33-28(30)27(21-13-3-5-15-23-32-24-16-6-4-14-22-29)36(31,34-25-17-9-7-10-18-25)35-26-19-11-8-12-20-26/h7-12,17-20,22,27H,2-6,13-16,21,23-24H2,1H3. The zero-order valence-corrected chi connectivity index (χ0v) is 22.1. The monoisotopic (exact) mass is 518 g/mol. The molecule has 0 N–H and O–H groups in total. The third-order valence-corrected chi connectivity index (χ3v) is 7.68. The van der Waals surface area contributed by atoms with Gasteiger partial charge in [0.05, 0.1) is 6.61 Å². The minimum absolute atomic E-state index is 0.179. The van der Waals surface area contributed by atoms with Gasteiger partial charge in [0.1, 0.15) is 17.8 Å². The predicted octanol–water partition coefficient (Wildman–Crippen LogP) is 7.00. The van der Waals surface area contributed by atoms with Gasteiger partial charge in [-0.3, -0.25) is 4.79 Å². The van der Waals surface area contributed by atoms with E-state index in [0.29, 0.717) is 44.0 Å². The first-order chi connectivity index (χ1) is 17.6. The summed E-state index contributed by atoms with van der Waals surface area (Å²) in [6.07, 6.45) is 8.16. The van der Waals surface area contributed by atoms with Gasteiger partial charge in [0.25, 0.3) is 0 Å². The van der Waals surface area contributed by atoms with Crippen molar-refractivity contribution in [2.75, 3.05) is 19.8 Å². The Balaban J connectivity index is 1.93. The fourth-order valence-corrected chi connectivity index (χ4v) is 5.61. The fourth-order valence-electron chi connectivity index (χ4n) is 3.65. The summed E-state index contributed by atoms with van der Waals surface area (Å²) in [5.41, 5.74) is -1.04. The van der Waals surface area contributed by atoms with Gasteiger partial charge in [-0.25, -0.2) is 4.57 Å². The highest BCUT2D eigenvalue weighted by Gasteiger charge is 2.45. The molecular formula is C28H39O7P. The van der Waals surface area contributed by atoms with E-state index in [1.165, 1.54) is 0 Å². The molecule has 0 heterocycles. The summed E-state index contributed by atoms with van der Waals surface area (Å²) in [6, 6.07) is 17.5. The van der Waals surface area contributed by atoms with Crippen molar-refractivity contribution in [1.29, 1.82) is 0 Å². The van der Waals surface area contributed by atoms with Crippen molar-refractivity contribution in [1.82, 2.24) is 0 Å². The van der Waals surface area contributed by atoms with Gasteiger partial charge < -0.3 is 23.3 Å². The largest absolute Gasteiger partial charge is 0.465 e. The van der Waals surface area contributed by atoms with Crippen molar-refractivity contribution in [2.45, 2.75) is 70.4 Å². The lowest BCUT2D eigenvalue weighted by Crippen LogP contribution is -2.28. The van der Waals surface area contributed by atoms with E-state index in [0.717, 1.165) is 44.8 Å². The number of rotatable bonds is 20. The molecule has 0 aromatic heterocycles. The van der Waals surface area contributed by atoms with Crippen molar-refractivity contribution in [2.24, 2.45) is 0 Å². The first-order valence-corrected chi connectivity index (χ1v) is 14.5. The second kappa shape index (κ2) is 17.7. The Morgan fingerprint density at radius 3 is 1.86 bits per heavy atom. The highest BCUT2D eigenvalue weighted by atomic mass is 31.2. The van der Waals surface area contributed by atoms with E-state index in [4.69, 9.17) is 18.5 Å². The average Bonchev–Trinajstić information content (AvgIpc) is 2.88. The minimum atomic E-state index is -3.96. The van der Waals surface area contributed by atoms with Crippen LogP contribution in [0.3, 0.4) is 0 Å². The molecule has 2 aromatic rings. The molecule has 0 saturated heterocycles. The summed E-state index contributed by atoms with van der Waals surface area (Å²) in [7, 11) is -3.96. The Hall–Kier alpha value is -2.63. The number of esters is 1. The molecule has 0 aliphatic heterocycles. The maximum Gasteiger partial charge on any atom is 0.445 e. The Bertz CT molecular complexity index is 859. The van der Waals surface area contributed by atoms with Crippen LogP contribution in [0.25, 0.3) is 0 Å². The van der Waals surface area contributed by atoms with Crippen LogP contribution in [0, 0.1) is 0 Å². The van der Waals surface area contributed by atoms with E-state index >= 15 is 0 Å². The van der Waals surface area contributed by atoms with Crippen LogP contribution >= 0.6 is 7.60 Å². The summed E-state index contributed by atoms with van der Waals surface area (Å²) in [6.45, 7) is 3.29. The van der Waals surface area contributed by atoms with Crippen LogP contribution in [-0.2, 0) is 23.6 Å². The van der Waals surface area contributed by atoms with E-state index < -0.39 is 19.2 Å². The Kier molecular flexibility index (Phi) is 14.6. The summed E-state index contributed by atoms with van der Waals surface area (Å²) < 4.78 is 36.8. The Labute approximate surface area is 215 Å². The molecule has 1 unspecified atom stereocenters. The summed E-state index contributed by atoms with van der Waals surface area (Å²) >= 11 is 0. The zero-order valence-electron chi connectivity index (χ0n) is 21.2. The van der Waals surface area contributed by atoms with Gasteiger partial charge in [-0.1, -0.05) is 62.1 Å². The molecule has 0 spiro atoms. The number of ether oxygens (including phenoxy) is 2. The van der Waals surface area contributed by atoms with Crippen LogP contribution in [0.4, 0.5) is 0 Å². The Morgan fingerprint density at radius 1 is 0.806 bits per heavy atom. The molecule has 0 radical (unpaired) electrons. The Morgan fingerprint density at radius 2 is 1.33 bits per heavy atom. The molecule has 1 atom stereocenters. The lowest BCUT2D eigenvalue weighted by Gasteiger charge is -2.26. The normalized spacial score (nSPS) is 12.0. The van der Waals surface area contributed by atoms with Gasteiger partial charge in [0.15, 0.2) is 5.66 Å². The van der Waals surface area contributed by atoms with Crippen molar-refractivity contribution >= 4 is 19.9 Å². The first kappa shape index (κ1) is 29.6. The lowest BCUT2D eigenvalue weighted by molar-refractivity contribution is -0.143. The average molecular weight is 519 g/mol. The molecule has 0 amide bonds. The van der Waals surface area contributed by atoms with Crippen LogP contribution in [-0.4, -0.2) is 37.7 Å². The van der Waals surface area contributed by atoms with Crippen molar-refractivity contribution in [3.8, 4) is 11.5 Å². The molecule has 7 nitrogen and oxygen atoms in total. The molecule has 0 fully saturated rings. The zero-order chi connectivity index (χ0) is 25.9. The van der Waals surface area contributed by atoms with Crippen LogP contribution in [0.15, 0.2) is 60.7 Å². The number of para-hydroxylation sites is 2. The molecule has 2 aromatic carbocycles. The molecule has 0 aliphatic carbocycles. The smallest absolute Gasteiger partial charge is 0.445 e. The molecule has 0 saturated carbocycles. The molecule has 2 rings (SSSR count).